The first-order valence-corrected chi connectivity index (χ1v) is 7.44. The van der Waals surface area contributed by atoms with E-state index in [9.17, 15) is 0 Å². The SMILES string of the molecule is COc1ccc(N)cc1OCCN1[C@H](C)CCC[C@@H]1C. The first-order valence-electron chi connectivity index (χ1n) is 7.44. The van der Waals surface area contributed by atoms with E-state index < -0.39 is 0 Å². The Bertz CT molecular complexity index is 426. The summed E-state index contributed by atoms with van der Waals surface area (Å²) in [5.74, 6) is 1.46. The minimum atomic E-state index is 0.644. The van der Waals surface area contributed by atoms with Crippen LogP contribution in [0.15, 0.2) is 18.2 Å². The topological polar surface area (TPSA) is 47.7 Å². The molecule has 0 saturated carbocycles. The minimum absolute atomic E-state index is 0.644. The predicted octanol–water partition coefficient (Wildman–Crippen LogP) is 2.92. The number of anilines is 1. The van der Waals surface area contributed by atoms with Crippen LogP contribution in [-0.4, -0.2) is 37.2 Å². The maximum Gasteiger partial charge on any atom is 0.163 e. The van der Waals surface area contributed by atoms with Gasteiger partial charge in [-0.05, 0) is 38.8 Å². The van der Waals surface area contributed by atoms with Crippen molar-refractivity contribution in [3.8, 4) is 11.5 Å². The maximum atomic E-state index is 5.86. The largest absolute Gasteiger partial charge is 0.493 e. The average molecular weight is 278 g/mol. The van der Waals surface area contributed by atoms with E-state index in [0.29, 0.717) is 24.4 Å². The fourth-order valence-corrected chi connectivity index (χ4v) is 2.98. The number of piperidine rings is 1. The van der Waals surface area contributed by atoms with Gasteiger partial charge < -0.3 is 15.2 Å². The van der Waals surface area contributed by atoms with E-state index in [1.54, 1.807) is 7.11 Å². The van der Waals surface area contributed by atoms with Crippen LogP contribution in [0.1, 0.15) is 33.1 Å². The molecule has 0 bridgehead atoms. The van der Waals surface area contributed by atoms with Crippen LogP contribution in [-0.2, 0) is 0 Å². The van der Waals surface area contributed by atoms with E-state index in [1.807, 2.05) is 18.2 Å². The molecule has 0 unspecified atom stereocenters. The van der Waals surface area contributed by atoms with Gasteiger partial charge in [-0.3, -0.25) is 4.90 Å². The highest BCUT2D eigenvalue weighted by Crippen LogP contribution is 2.29. The van der Waals surface area contributed by atoms with E-state index >= 15 is 0 Å². The Hall–Kier alpha value is -1.42. The molecular formula is C16H26N2O2. The van der Waals surface area contributed by atoms with Crippen molar-refractivity contribution < 1.29 is 9.47 Å². The number of hydrogen-bond acceptors (Lipinski definition) is 4. The van der Waals surface area contributed by atoms with Crippen LogP contribution in [0, 0.1) is 0 Å². The second-order valence-corrected chi connectivity index (χ2v) is 5.63. The molecule has 0 amide bonds. The fourth-order valence-electron chi connectivity index (χ4n) is 2.98. The van der Waals surface area contributed by atoms with Crippen LogP contribution in [0.2, 0.25) is 0 Å². The van der Waals surface area contributed by atoms with Crippen molar-refractivity contribution in [2.75, 3.05) is 26.0 Å². The maximum absolute atomic E-state index is 5.86. The van der Waals surface area contributed by atoms with Gasteiger partial charge in [-0.15, -0.1) is 0 Å². The molecule has 20 heavy (non-hydrogen) atoms. The summed E-state index contributed by atoms with van der Waals surface area (Å²) in [7, 11) is 1.65. The Morgan fingerprint density at radius 3 is 2.55 bits per heavy atom. The summed E-state index contributed by atoms with van der Waals surface area (Å²) in [5, 5.41) is 0. The molecular weight excluding hydrogens is 252 g/mol. The number of benzene rings is 1. The Morgan fingerprint density at radius 2 is 1.90 bits per heavy atom. The molecule has 0 aromatic heterocycles. The smallest absolute Gasteiger partial charge is 0.163 e. The molecule has 0 spiro atoms. The average Bonchev–Trinajstić information content (AvgIpc) is 2.42. The predicted molar refractivity (Wildman–Crippen MR) is 82.4 cm³/mol. The van der Waals surface area contributed by atoms with Gasteiger partial charge in [0.1, 0.15) is 6.61 Å². The first kappa shape index (κ1) is 15.0. The third-order valence-electron chi connectivity index (χ3n) is 4.17. The summed E-state index contributed by atoms with van der Waals surface area (Å²) in [6.07, 6.45) is 3.90. The van der Waals surface area contributed by atoms with E-state index in [0.717, 1.165) is 18.0 Å². The van der Waals surface area contributed by atoms with E-state index in [-0.39, 0.29) is 0 Å². The summed E-state index contributed by atoms with van der Waals surface area (Å²) in [4.78, 5) is 2.53. The summed E-state index contributed by atoms with van der Waals surface area (Å²) in [6.45, 7) is 6.21. The number of nitrogens with zero attached hydrogens (tertiary/aromatic N) is 1. The molecule has 1 fully saturated rings. The highest BCUT2D eigenvalue weighted by molar-refractivity contribution is 5.51. The number of methoxy groups -OCH3 is 1. The third-order valence-corrected chi connectivity index (χ3v) is 4.17. The molecule has 4 heteroatoms. The number of nitrogens with two attached hydrogens (primary N) is 1. The van der Waals surface area contributed by atoms with Crippen molar-refractivity contribution in [2.45, 2.75) is 45.2 Å². The van der Waals surface area contributed by atoms with Gasteiger partial charge >= 0.3 is 0 Å². The molecule has 0 aliphatic carbocycles. The second kappa shape index (κ2) is 6.84. The molecule has 2 atom stereocenters. The van der Waals surface area contributed by atoms with E-state index in [2.05, 4.69) is 18.7 Å². The summed E-state index contributed by atoms with van der Waals surface area (Å²) < 4.78 is 11.2. The molecule has 1 aliphatic rings. The second-order valence-electron chi connectivity index (χ2n) is 5.63. The molecule has 4 nitrogen and oxygen atoms in total. The number of hydrogen-bond donors (Lipinski definition) is 1. The molecule has 1 aromatic rings. The lowest BCUT2D eigenvalue weighted by atomic mass is 9.98. The molecule has 112 valence electrons. The van der Waals surface area contributed by atoms with Gasteiger partial charge in [0.15, 0.2) is 11.5 Å². The molecule has 2 rings (SSSR count). The number of nitrogen functional groups attached to an aromatic ring is 1. The highest BCUT2D eigenvalue weighted by Gasteiger charge is 2.24. The zero-order valence-electron chi connectivity index (χ0n) is 12.8. The Kier molecular flexibility index (Phi) is 5.12. The standard InChI is InChI=1S/C16H26N2O2/c1-12-5-4-6-13(2)18(12)9-10-20-16-11-14(17)7-8-15(16)19-3/h7-8,11-13H,4-6,9-10,17H2,1-3H3/t12-,13+. The number of likely N-dealkylation sites (tertiary alicyclic amines) is 1. The van der Waals surface area contributed by atoms with Crippen LogP contribution in [0.25, 0.3) is 0 Å². The van der Waals surface area contributed by atoms with Gasteiger partial charge in [0, 0.05) is 30.4 Å². The Labute approximate surface area is 121 Å². The van der Waals surface area contributed by atoms with Crippen molar-refractivity contribution in [3.05, 3.63) is 18.2 Å². The summed E-state index contributed by atoms with van der Waals surface area (Å²) >= 11 is 0. The van der Waals surface area contributed by atoms with Crippen molar-refractivity contribution >= 4 is 5.69 Å². The van der Waals surface area contributed by atoms with E-state index in [4.69, 9.17) is 15.2 Å². The minimum Gasteiger partial charge on any atom is -0.493 e. The molecule has 1 aromatic carbocycles. The Morgan fingerprint density at radius 1 is 1.20 bits per heavy atom. The molecule has 1 aliphatic heterocycles. The van der Waals surface area contributed by atoms with Crippen molar-refractivity contribution in [1.29, 1.82) is 0 Å². The monoisotopic (exact) mass is 278 g/mol. The van der Waals surface area contributed by atoms with Gasteiger partial charge in [-0.2, -0.15) is 0 Å². The lowest BCUT2D eigenvalue weighted by Crippen LogP contribution is -2.45. The third kappa shape index (κ3) is 3.57. The zero-order chi connectivity index (χ0) is 14.5. The normalized spacial score (nSPS) is 23.6. The highest BCUT2D eigenvalue weighted by atomic mass is 16.5. The van der Waals surface area contributed by atoms with Crippen molar-refractivity contribution in [1.82, 2.24) is 4.90 Å². The fraction of sp³-hybridized carbons (Fsp3) is 0.625. The van der Waals surface area contributed by atoms with Gasteiger partial charge in [0.2, 0.25) is 0 Å². The van der Waals surface area contributed by atoms with Crippen LogP contribution >= 0.6 is 0 Å². The zero-order valence-corrected chi connectivity index (χ0v) is 12.8. The van der Waals surface area contributed by atoms with Crippen LogP contribution in [0.4, 0.5) is 5.69 Å². The molecule has 2 N–H and O–H groups in total. The lowest BCUT2D eigenvalue weighted by Gasteiger charge is -2.38. The number of rotatable bonds is 5. The molecule has 1 heterocycles. The summed E-state index contributed by atoms with van der Waals surface area (Å²) in [6, 6.07) is 6.77. The Balaban J connectivity index is 1.90. The number of ether oxygens (including phenoxy) is 2. The van der Waals surface area contributed by atoms with Crippen molar-refractivity contribution in [2.24, 2.45) is 0 Å². The first-order chi connectivity index (χ1) is 9.61. The van der Waals surface area contributed by atoms with Crippen molar-refractivity contribution in [3.63, 3.8) is 0 Å². The van der Waals surface area contributed by atoms with Crippen LogP contribution in [0.5, 0.6) is 11.5 Å². The van der Waals surface area contributed by atoms with Crippen LogP contribution in [0.3, 0.4) is 0 Å². The molecule has 0 radical (unpaired) electrons. The quantitative estimate of drug-likeness (QED) is 0.841. The van der Waals surface area contributed by atoms with Gasteiger partial charge in [-0.1, -0.05) is 6.42 Å². The van der Waals surface area contributed by atoms with E-state index in [1.165, 1.54) is 19.3 Å². The van der Waals surface area contributed by atoms with Gasteiger partial charge in [0.05, 0.1) is 7.11 Å². The van der Waals surface area contributed by atoms with Gasteiger partial charge in [0.25, 0.3) is 0 Å². The summed E-state index contributed by atoms with van der Waals surface area (Å²) in [5.41, 5.74) is 6.49. The van der Waals surface area contributed by atoms with Gasteiger partial charge in [-0.25, -0.2) is 0 Å². The lowest BCUT2D eigenvalue weighted by molar-refractivity contribution is 0.0846. The van der Waals surface area contributed by atoms with Crippen LogP contribution < -0.4 is 15.2 Å². The molecule has 1 saturated heterocycles.